The fraction of sp³-hybridized carbons (Fsp3) is 0.417. The number of phenols is 1. The molecular formula is C12H16FNO2. The first kappa shape index (κ1) is 12.5. The maximum Gasteiger partial charge on any atom is 0.258 e. The van der Waals surface area contributed by atoms with E-state index in [1.54, 1.807) is 0 Å². The number of amides is 1. The summed E-state index contributed by atoms with van der Waals surface area (Å²) >= 11 is 0. The molecule has 0 aliphatic heterocycles. The van der Waals surface area contributed by atoms with Gasteiger partial charge in [0.05, 0.1) is 0 Å². The molecule has 0 fully saturated rings. The highest BCUT2D eigenvalue weighted by Gasteiger charge is 2.16. The summed E-state index contributed by atoms with van der Waals surface area (Å²) in [6.07, 6.45) is 0.934. The van der Waals surface area contributed by atoms with E-state index in [1.165, 1.54) is 12.1 Å². The molecule has 0 saturated heterocycles. The third kappa shape index (κ3) is 2.95. The molecule has 0 saturated carbocycles. The van der Waals surface area contributed by atoms with Crippen molar-refractivity contribution >= 4 is 5.91 Å². The summed E-state index contributed by atoms with van der Waals surface area (Å²) in [4.78, 5) is 11.6. The molecule has 0 aliphatic carbocycles. The first-order valence-corrected chi connectivity index (χ1v) is 5.32. The van der Waals surface area contributed by atoms with Gasteiger partial charge in [0.15, 0.2) is 0 Å². The minimum atomic E-state index is -0.707. The lowest BCUT2D eigenvalue weighted by atomic mass is 10.1. The van der Waals surface area contributed by atoms with Crippen molar-refractivity contribution in [3.05, 3.63) is 29.6 Å². The smallest absolute Gasteiger partial charge is 0.258 e. The molecular weight excluding hydrogens is 209 g/mol. The van der Waals surface area contributed by atoms with E-state index in [4.69, 9.17) is 0 Å². The summed E-state index contributed by atoms with van der Waals surface area (Å²) in [6, 6.07) is 3.80. The Balaban J connectivity index is 2.73. The number of carbonyl (C=O) groups excluding carboxylic acids is 1. The highest BCUT2D eigenvalue weighted by molar-refractivity contribution is 5.97. The summed E-state index contributed by atoms with van der Waals surface area (Å²) in [7, 11) is 0. The van der Waals surface area contributed by atoms with E-state index >= 15 is 0 Å². The van der Waals surface area contributed by atoms with Gasteiger partial charge in [0.25, 0.3) is 5.91 Å². The van der Waals surface area contributed by atoms with Crippen LogP contribution < -0.4 is 5.32 Å². The Bertz CT molecular complexity index is 359. The highest BCUT2D eigenvalue weighted by atomic mass is 19.1. The molecule has 4 heteroatoms. The van der Waals surface area contributed by atoms with Crippen molar-refractivity contribution in [3.63, 3.8) is 0 Å². The van der Waals surface area contributed by atoms with E-state index < -0.39 is 11.7 Å². The van der Waals surface area contributed by atoms with E-state index in [2.05, 4.69) is 5.32 Å². The van der Waals surface area contributed by atoms with Crippen LogP contribution in [0.15, 0.2) is 18.2 Å². The second-order valence-corrected chi connectivity index (χ2v) is 3.86. The minimum Gasteiger partial charge on any atom is -0.507 e. The molecule has 1 aromatic carbocycles. The van der Waals surface area contributed by atoms with Crippen LogP contribution in [0, 0.1) is 11.7 Å². The number of rotatable bonds is 4. The topological polar surface area (TPSA) is 49.3 Å². The second-order valence-electron chi connectivity index (χ2n) is 3.86. The lowest BCUT2D eigenvalue weighted by Gasteiger charge is -2.11. The van der Waals surface area contributed by atoms with Crippen LogP contribution in [0.25, 0.3) is 0 Å². The Hall–Kier alpha value is -1.58. The molecule has 16 heavy (non-hydrogen) atoms. The van der Waals surface area contributed by atoms with Gasteiger partial charge in [-0.1, -0.05) is 26.3 Å². The van der Waals surface area contributed by atoms with Crippen molar-refractivity contribution in [1.82, 2.24) is 5.32 Å². The maximum absolute atomic E-state index is 13.3. The third-order valence-corrected chi connectivity index (χ3v) is 2.53. The van der Waals surface area contributed by atoms with Crippen molar-refractivity contribution in [2.24, 2.45) is 5.92 Å². The standard InChI is InChI=1S/C12H16FNO2/c1-3-8(2)7-14-12(16)11-9(13)5-4-6-10(11)15/h4-6,8,15H,3,7H2,1-2H3,(H,14,16). The summed E-state index contributed by atoms with van der Waals surface area (Å²) in [5.41, 5.74) is -0.286. The van der Waals surface area contributed by atoms with Crippen LogP contribution in [0.2, 0.25) is 0 Å². The molecule has 0 heterocycles. The van der Waals surface area contributed by atoms with Gasteiger partial charge >= 0.3 is 0 Å². The van der Waals surface area contributed by atoms with Crippen molar-refractivity contribution in [1.29, 1.82) is 0 Å². The van der Waals surface area contributed by atoms with Crippen LogP contribution in [0.3, 0.4) is 0 Å². The quantitative estimate of drug-likeness (QED) is 0.826. The van der Waals surface area contributed by atoms with E-state index in [-0.39, 0.29) is 11.3 Å². The van der Waals surface area contributed by atoms with Gasteiger partial charge in [-0.2, -0.15) is 0 Å². The molecule has 2 N–H and O–H groups in total. The number of carbonyl (C=O) groups is 1. The predicted molar refractivity (Wildman–Crippen MR) is 59.9 cm³/mol. The van der Waals surface area contributed by atoms with Crippen molar-refractivity contribution in [2.75, 3.05) is 6.54 Å². The summed E-state index contributed by atoms with van der Waals surface area (Å²) < 4.78 is 13.3. The first-order chi connectivity index (χ1) is 7.56. The van der Waals surface area contributed by atoms with Gasteiger partial charge in [0.2, 0.25) is 0 Å². The van der Waals surface area contributed by atoms with Gasteiger partial charge in [-0.25, -0.2) is 4.39 Å². The Morgan fingerprint density at radius 3 is 2.81 bits per heavy atom. The molecule has 88 valence electrons. The SMILES string of the molecule is CCC(C)CNC(=O)c1c(O)cccc1F. The minimum absolute atomic E-state index is 0.286. The molecule has 0 spiro atoms. The van der Waals surface area contributed by atoms with Crippen LogP contribution in [0.4, 0.5) is 4.39 Å². The molecule has 1 amide bonds. The molecule has 3 nitrogen and oxygen atoms in total. The Labute approximate surface area is 94.3 Å². The molecule has 1 unspecified atom stereocenters. The van der Waals surface area contributed by atoms with Crippen LogP contribution in [-0.2, 0) is 0 Å². The fourth-order valence-electron chi connectivity index (χ4n) is 1.24. The fourth-order valence-corrected chi connectivity index (χ4v) is 1.24. The number of nitrogens with one attached hydrogen (secondary N) is 1. The summed E-state index contributed by atoms with van der Waals surface area (Å²) in [6.45, 7) is 4.47. The van der Waals surface area contributed by atoms with E-state index in [0.29, 0.717) is 12.5 Å². The van der Waals surface area contributed by atoms with Crippen LogP contribution in [0.5, 0.6) is 5.75 Å². The Morgan fingerprint density at radius 1 is 1.56 bits per heavy atom. The first-order valence-electron chi connectivity index (χ1n) is 5.32. The normalized spacial score (nSPS) is 12.2. The lowest BCUT2D eigenvalue weighted by molar-refractivity contribution is 0.0941. The molecule has 1 rings (SSSR count). The van der Waals surface area contributed by atoms with E-state index in [9.17, 15) is 14.3 Å². The van der Waals surface area contributed by atoms with Gasteiger partial charge < -0.3 is 10.4 Å². The number of hydrogen-bond acceptors (Lipinski definition) is 2. The molecule has 0 bridgehead atoms. The molecule has 0 aromatic heterocycles. The number of hydrogen-bond donors (Lipinski definition) is 2. The van der Waals surface area contributed by atoms with Gasteiger partial charge in [-0.3, -0.25) is 4.79 Å². The van der Waals surface area contributed by atoms with Crippen LogP contribution >= 0.6 is 0 Å². The van der Waals surface area contributed by atoms with Crippen molar-refractivity contribution in [2.45, 2.75) is 20.3 Å². The molecule has 1 aromatic rings. The Morgan fingerprint density at radius 2 is 2.25 bits per heavy atom. The second kappa shape index (κ2) is 5.49. The van der Waals surface area contributed by atoms with Gasteiger partial charge in [-0.15, -0.1) is 0 Å². The predicted octanol–water partition coefficient (Wildman–Crippen LogP) is 2.31. The van der Waals surface area contributed by atoms with E-state index in [1.807, 2.05) is 13.8 Å². The largest absolute Gasteiger partial charge is 0.507 e. The zero-order valence-electron chi connectivity index (χ0n) is 9.46. The van der Waals surface area contributed by atoms with Crippen LogP contribution in [-0.4, -0.2) is 17.6 Å². The van der Waals surface area contributed by atoms with Crippen molar-refractivity contribution < 1.29 is 14.3 Å². The zero-order valence-corrected chi connectivity index (χ0v) is 9.46. The highest BCUT2D eigenvalue weighted by Crippen LogP contribution is 2.19. The zero-order chi connectivity index (χ0) is 12.1. The monoisotopic (exact) mass is 225 g/mol. The van der Waals surface area contributed by atoms with E-state index in [0.717, 1.165) is 12.5 Å². The van der Waals surface area contributed by atoms with Gasteiger partial charge in [0, 0.05) is 6.54 Å². The molecule has 0 radical (unpaired) electrons. The maximum atomic E-state index is 13.3. The average Bonchev–Trinajstić information content (AvgIpc) is 2.25. The van der Waals surface area contributed by atoms with Gasteiger partial charge in [0.1, 0.15) is 17.1 Å². The average molecular weight is 225 g/mol. The number of aromatic hydroxyl groups is 1. The lowest BCUT2D eigenvalue weighted by Crippen LogP contribution is -2.28. The summed E-state index contributed by atoms with van der Waals surface area (Å²) in [5, 5.41) is 12.0. The Kier molecular flexibility index (Phi) is 4.28. The molecule has 1 atom stereocenters. The van der Waals surface area contributed by atoms with Crippen molar-refractivity contribution in [3.8, 4) is 5.75 Å². The summed E-state index contributed by atoms with van der Waals surface area (Å²) in [5.74, 6) is -1.28. The third-order valence-electron chi connectivity index (χ3n) is 2.53. The number of halogens is 1. The van der Waals surface area contributed by atoms with Gasteiger partial charge in [-0.05, 0) is 18.1 Å². The van der Waals surface area contributed by atoms with Crippen LogP contribution in [0.1, 0.15) is 30.6 Å². The number of phenolic OH excluding ortho intramolecular Hbond substituents is 1. The molecule has 0 aliphatic rings. The number of benzene rings is 1.